The Balaban J connectivity index is 3.46. The molecule has 0 unspecified atom stereocenters. The maximum Gasteiger partial charge on any atom is 0.303 e. The number of carboxylic acids is 1. The fourth-order valence-corrected chi connectivity index (χ4v) is 1.18. The Labute approximate surface area is 106 Å². The molecule has 0 aromatic carbocycles. The molecule has 7 heteroatoms. The Bertz CT molecular complexity index is 281. The molecule has 0 bridgehead atoms. The number of nitrogens with one attached hydrogen (secondary N) is 2. The SMILES string of the molecule is COCCNC(=O)CNC(=O)CCCCC(=O)O. The van der Waals surface area contributed by atoms with Crippen LogP contribution < -0.4 is 10.6 Å². The number of hydrogen-bond acceptors (Lipinski definition) is 4. The molecule has 104 valence electrons. The van der Waals surface area contributed by atoms with Crippen molar-refractivity contribution < 1.29 is 24.2 Å². The highest BCUT2D eigenvalue weighted by Gasteiger charge is 2.05. The van der Waals surface area contributed by atoms with Crippen LogP contribution in [0, 0.1) is 0 Å². The van der Waals surface area contributed by atoms with Crippen LogP contribution in [-0.4, -0.2) is 49.7 Å². The summed E-state index contributed by atoms with van der Waals surface area (Å²) in [6.45, 7) is 0.764. The van der Waals surface area contributed by atoms with Crippen molar-refractivity contribution in [2.45, 2.75) is 25.7 Å². The topological polar surface area (TPSA) is 105 Å². The number of amides is 2. The smallest absolute Gasteiger partial charge is 0.303 e. The lowest BCUT2D eigenvalue weighted by Gasteiger charge is -2.06. The van der Waals surface area contributed by atoms with Crippen LogP contribution in [0.5, 0.6) is 0 Å². The van der Waals surface area contributed by atoms with Gasteiger partial charge in [-0.3, -0.25) is 14.4 Å². The van der Waals surface area contributed by atoms with Gasteiger partial charge in [0.2, 0.25) is 11.8 Å². The van der Waals surface area contributed by atoms with Gasteiger partial charge in [-0.25, -0.2) is 0 Å². The molecular weight excluding hydrogens is 240 g/mol. The van der Waals surface area contributed by atoms with E-state index >= 15 is 0 Å². The van der Waals surface area contributed by atoms with Crippen molar-refractivity contribution in [3.63, 3.8) is 0 Å². The Kier molecular flexibility index (Phi) is 9.57. The number of aliphatic carboxylic acids is 1. The monoisotopic (exact) mass is 260 g/mol. The molecule has 0 aliphatic heterocycles. The van der Waals surface area contributed by atoms with E-state index in [1.54, 1.807) is 0 Å². The number of carboxylic acid groups (broad SMARTS) is 1. The number of carbonyl (C=O) groups excluding carboxylic acids is 2. The van der Waals surface area contributed by atoms with Gasteiger partial charge in [0.05, 0.1) is 13.2 Å². The fraction of sp³-hybridized carbons (Fsp3) is 0.727. The number of carbonyl (C=O) groups is 3. The van der Waals surface area contributed by atoms with Crippen molar-refractivity contribution in [3.05, 3.63) is 0 Å². The lowest BCUT2D eigenvalue weighted by molar-refractivity contribution is -0.137. The van der Waals surface area contributed by atoms with E-state index in [9.17, 15) is 14.4 Å². The van der Waals surface area contributed by atoms with E-state index in [1.165, 1.54) is 7.11 Å². The fourth-order valence-electron chi connectivity index (χ4n) is 1.18. The third-order valence-electron chi connectivity index (χ3n) is 2.12. The first-order valence-electron chi connectivity index (χ1n) is 5.80. The Morgan fingerprint density at radius 3 is 2.33 bits per heavy atom. The number of hydrogen-bond donors (Lipinski definition) is 3. The second-order valence-corrected chi connectivity index (χ2v) is 3.72. The van der Waals surface area contributed by atoms with E-state index in [4.69, 9.17) is 9.84 Å². The van der Waals surface area contributed by atoms with Gasteiger partial charge in [-0.2, -0.15) is 0 Å². The van der Waals surface area contributed by atoms with E-state index in [-0.39, 0.29) is 31.2 Å². The molecule has 18 heavy (non-hydrogen) atoms. The average molecular weight is 260 g/mol. The third kappa shape index (κ3) is 10.9. The minimum absolute atomic E-state index is 0.0603. The zero-order valence-electron chi connectivity index (χ0n) is 10.5. The second-order valence-electron chi connectivity index (χ2n) is 3.72. The van der Waals surface area contributed by atoms with E-state index < -0.39 is 5.97 Å². The zero-order valence-corrected chi connectivity index (χ0v) is 10.5. The first-order valence-corrected chi connectivity index (χ1v) is 5.80. The second kappa shape index (κ2) is 10.5. The largest absolute Gasteiger partial charge is 0.481 e. The third-order valence-corrected chi connectivity index (χ3v) is 2.12. The Morgan fingerprint density at radius 1 is 1.06 bits per heavy atom. The molecular formula is C11H20N2O5. The lowest BCUT2D eigenvalue weighted by Crippen LogP contribution is -2.38. The van der Waals surface area contributed by atoms with Crippen molar-refractivity contribution in [1.29, 1.82) is 0 Å². The van der Waals surface area contributed by atoms with Gasteiger partial charge in [0.1, 0.15) is 0 Å². The maximum atomic E-state index is 11.3. The number of unbranched alkanes of at least 4 members (excludes halogenated alkanes) is 1. The molecule has 0 aromatic heterocycles. The summed E-state index contributed by atoms with van der Waals surface area (Å²) in [6, 6.07) is 0. The number of methoxy groups -OCH3 is 1. The van der Waals surface area contributed by atoms with Gasteiger partial charge in [-0.1, -0.05) is 0 Å². The predicted octanol–water partition coefficient (Wildman–Crippen LogP) is -0.490. The molecule has 0 aromatic rings. The van der Waals surface area contributed by atoms with Gasteiger partial charge >= 0.3 is 5.97 Å². The molecule has 0 saturated heterocycles. The molecule has 0 rings (SSSR count). The zero-order chi connectivity index (χ0) is 13.8. The summed E-state index contributed by atoms with van der Waals surface area (Å²) >= 11 is 0. The van der Waals surface area contributed by atoms with Crippen LogP contribution in [0.2, 0.25) is 0 Å². The van der Waals surface area contributed by atoms with E-state index in [2.05, 4.69) is 10.6 Å². The average Bonchev–Trinajstić information content (AvgIpc) is 2.32. The minimum Gasteiger partial charge on any atom is -0.481 e. The van der Waals surface area contributed by atoms with E-state index in [1.807, 2.05) is 0 Å². The summed E-state index contributed by atoms with van der Waals surface area (Å²) in [6.07, 6.45) is 1.26. The molecule has 0 fully saturated rings. The van der Waals surface area contributed by atoms with Gasteiger partial charge in [0, 0.05) is 26.5 Å². The van der Waals surface area contributed by atoms with Crippen molar-refractivity contribution >= 4 is 17.8 Å². The van der Waals surface area contributed by atoms with Crippen LogP contribution >= 0.6 is 0 Å². The normalized spacial score (nSPS) is 9.83. The van der Waals surface area contributed by atoms with Gasteiger partial charge < -0.3 is 20.5 Å². The highest BCUT2D eigenvalue weighted by molar-refractivity contribution is 5.84. The Hall–Kier alpha value is -1.63. The summed E-state index contributed by atoms with van der Waals surface area (Å²) in [5, 5.41) is 13.4. The van der Waals surface area contributed by atoms with Gasteiger partial charge in [-0.15, -0.1) is 0 Å². The number of rotatable bonds is 10. The first-order chi connectivity index (χ1) is 8.56. The molecule has 0 atom stereocenters. The standard InChI is InChI=1S/C11H20N2O5/c1-18-7-6-12-10(15)8-13-9(14)4-2-3-5-11(16)17/h2-8H2,1H3,(H,12,15)(H,13,14)(H,16,17). The van der Waals surface area contributed by atoms with E-state index in [0.29, 0.717) is 26.0 Å². The lowest BCUT2D eigenvalue weighted by atomic mass is 10.2. The minimum atomic E-state index is -0.868. The van der Waals surface area contributed by atoms with Crippen LogP contribution in [0.15, 0.2) is 0 Å². The molecule has 0 saturated carbocycles. The van der Waals surface area contributed by atoms with E-state index in [0.717, 1.165) is 0 Å². The van der Waals surface area contributed by atoms with Gasteiger partial charge in [0.25, 0.3) is 0 Å². The maximum absolute atomic E-state index is 11.3. The molecule has 0 heterocycles. The van der Waals surface area contributed by atoms with Gasteiger partial charge in [-0.05, 0) is 12.8 Å². The molecule has 0 radical (unpaired) electrons. The van der Waals surface area contributed by atoms with Crippen molar-refractivity contribution in [1.82, 2.24) is 10.6 Å². The van der Waals surface area contributed by atoms with Crippen LogP contribution in [0.25, 0.3) is 0 Å². The molecule has 2 amide bonds. The quantitative estimate of drug-likeness (QED) is 0.460. The highest BCUT2D eigenvalue weighted by atomic mass is 16.5. The highest BCUT2D eigenvalue weighted by Crippen LogP contribution is 1.99. The van der Waals surface area contributed by atoms with Crippen LogP contribution in [0.1, 0.15) is 25.7 Å². The van der Waals surface area contributed by atoms with Crippen LogP contribution in [0.3, 0.4) is 0 Å². The van der Waals surface area contributed by atoms with Crippen LogP contribution in [0.4, 0.5) is 0 Å². The molecule has 3 N–H and O–H groups in total. The van der Waals surface area contributed by atoms with Gasteiger partial charge in [0.15, 0.2) is 0 Å². The molecule has 0 aliphatic carbocycles. The Morgan fingerprint density at radius 2 is 1.72 bits per heavy atom. The summed E-state index contributed by atoms with van der Waals surface area (Å²) in [5.74, 6) is -1.39. The molecule has 7 nitrogen and oxygen atoms in total. The summed E-state index contributed by atoms with van der Waals surface area (Å²) in [4.78, 5) is 32.7. The molecule has 0 aliphatic rings. The first kappa shape index (κ1) is 16.4. The molecule has 0 spiro atoms. The number of ether oxygens (including phenoxy) is 1. The summed E-state index contributed by atoms with van der Waals surface area (Å²) in [7, 11) is 1.53. The summed E-state index contributed by atoms with van der Waals surface area (Å²) < 4.78 is 4.75. The van der Waals surface area contributed by atoms with Crippen molar-refractivity contribution in [2.24, 2.45) is 0 Å². The predicted molar refractivity (Wildman–Crippen MR) is 64.0 cm³/mol. The van der Waals surface area contributed by atoms with Crippen LogP contribution in [-0.2, 0) is 19.1 Å². The van der Waals surface area contributed by atoms with Crippen molar-refractivity contribution in [2.75, 3.05) is 26.8 Å². The van der Waals surface area contributed by atoms with Crippen molar-refractivity contribution in [3.8, 4) is 0 Å². The summed E-state index contributed by atoms with van der Waals surface area (Å²) in [5.41, 5.74) is 0.